The fourth-order valence-corrected chi connectivity index (χ4v) is 2.68. The zero-order valence-corrected chi connectivity index (χ0v) is 13.1. The molecule has 0 unspecified atom stereocenters. The molecule has 1 aliphatic carbocycles. The zero-order chi connectivity index (χ0) is 15.3. The monoisotopic (exact) mass is 313 g/mol. The summed E-state index contributed by atoms with van der Waals surface area (Å²) < 4.78 is 31.1. The molecule has 118 valence electrons. The SMILES string of the molecule is CNS(=O)(=O)c1ccc(NCCCOCC2CC2)c(N)c1. The lowest BCUT2D eigenvalue weighted by atomic mass is 10.2. The first kappa shape index (κ1) is 16.1. The molecule has 2 rings (SSSR count). The Hall–Kier alpha value is -1.31. The van der Waals surface area contributed by atoms with Crippen molar-refractivity contribution in [3.63, 3.8) is 0 Å². The van der Waals surface area contributed by atoms with Gasteiger partial charge in [-0.2, -0.15) is 0 Å². The standard InChI is InChI=1S/C14H23N3O3S/c1-16-21(18,19)12-5-6-14(13(15)9-12)17-7-2-8-20-10-11-3-4-11/h5-6,9,11,16-17H,2-4,7-8,10,15H2,1H3. The number of ether oxygens (including phenoxy) is 1. The summed E-state index contributed by atoms with van der Waals surface area (Å²) in [7, 11) is -2.08. The summed E-state index contributed by atoms with van der Waals surface area (Å²) in [5.41, 5.74) is 7.04. The van der Waals surface area contributed by atoms with Crippen LogP contribution in [0.25, 0.3) is 0 Å². The number of benzene rings is 1. The van der Waals surface area contributed by atoms with Crippen molar-refractivity contribution in [3.05, 3.63) is 18.2 Å². The molecule has 7 heteroatoms. The van der Waals surface area contributed by atoms with E-state index in [9.17, 15) is 8.42 Å². The lowest BCUT2D eigenvalue weighted by Crippen LogP contribution is -2.19. The van der Waals surface area contributed by atoms with Gasteiger partial charge < -0.3 is 15.8 Å². The van der Waals surface area contributed by atoms with Gasteiger partial charge in [-0.1, -0.05) is 0 Å². The van der Waals surface area contributed by atoms with Crippen molar-refractivity contribution >= 4 is 21.4 Å². The Morgan fingerprint density at radius 1 is 1.38 bits per heavy atom. The van der Waals surface area contributed by atoms with Crippen LogP contribution in [0.3, 0.4) is 0 Å². The van der Waals surface area contributed by atoms with Gasteiger partial charge in [0.15, 0.2) is 0 Å². The van der Waals surface area contributed by atoms with Gasteiger partial charge in [-0.15, -0.1) is 0 Å². The average molecular weight is 313 g/mol. The number of nitrogens with one attached hydrogen (secondary N) is 2. The van der Waals surface area contributed by atoms with E-state index in [1.54, 1.807) is 6.07 Å². The van der Waals surface area contributed by atoms with E-state index in [0.717, 1.165) is 37.8 Å². The Morgan fingerprint density at radius 3 is 2.76 bits per heavy atom. The van der Waals surface area contributed by atoms with Crippen molar-refractivity contribution in [1.29, 1.82) is 0 Å². The Kier molecular flexibility index (Phi) is 5.44. The van der Waals surface area contributed by atoms with Crippen LogP contribution in [0, 0.1) is 5.92 Å². The molecule has 0 bridgehead atoms. The highest BCUT2D eigenvalue weighted by atomic mass is 32.2. The molecule has 6 nitrogen and oxygen atoms in total. The number of sulfonamides is 1. The smallest absolute Gasteiger partial charge is 0.240 e. The van der Waals surface area contributed by atoms with E-state index in [2.05, 4.69) is 10.0 Å². The van der Waals surface area contributed by atoms with E-state index in [4.69, 9.17) is 10.5 Å². The average Bonchev–Trinajstić information content (AvgIpc) is 3.28. The summed E-state index contributed by atoms with van der Waals surface area (Å²) in [6.07, 6.45) is 3.50. The molecular formula is C14H23N3O3S. The molecule has 0 spiro atoms. The minimum absolute atomic E-state index is 0.167. The van der Waals surface area contributed by atoms with E-state index in [1.165, 1.54) is 32.0 Å². The lowest BCUT2D eigenvalue weighted by Gasteiger charge is -2.11. The van der Waals surface area contributed by atoms with Crippen molar-refractivity contribution in [2.24, 2.45) is 5.92 Å². The van der Waals surface area contributed by atoms with Gasteiger partial charge in [-0.3, -0.25) is 0 Å². The molecule has 1 saturated carbocycles. The molecule has 1 aliphatic rings. The van der Waals surface area contributed by atoms with Gasteiger partial charge in [-0.25, -0.2) is 13.1 Å². The maximum Gasteiger partial charge on any atom is 0.240 e. The summed E-state index contributed by atoms with van der Waals surface area (Å²) in [6, 6.07) is 4.68. The largest absolute Gasteiger partial charge is 0.397 e. The van der Waals surface area contributed by atoms with Crippen molar-refractivity contribution in [3.8, 4) is 0 Å². The van der Waals surface area contributed by atoms with Crippen LogP contribution in [0.4, 0.5) is 11.4 Å². The number of rotatable bonds is 9. The Labute approximate surface area is 126 Å². The predicted octanol–water partition coefficient (Wildman–Crippen LogP) is 1.41. The fourth-order valence-electron chi connectivity index (χ4n) is 1.92. The number of nitrogens with two attached hydrogens (primary N) is 1. The summed E-state index contributed by atoms with van der Waals surface area (Å²) in [4.78, 5) is 0.167. The molecule has 0 heterocycles. The van der Waals surface area contributed by atoms with Gasteiger partial charge >= 0.3 is 0 Å². The highest BCUT2D eigenvalue weighted by Gasteiger charge is 2.20. The first-order valence-corrected chi connectivity index (χ1v) is 8.66. The first-order valence-electron chi connectivity index (χ1n) is 7.17. The van der Waals surface area contributed by atoms with Gasteiger partial charge in [0.05, 0.1) is 16.3 Å². The van der Waals surface area contributed by atoms with Gasteiger partial charge in [-0.05, 0) is 50.4 Å². The maximum absolute atomic E-state index is 11.7. The van der Waals surface area contributed by atoms with Crippen molar-refractivity contribution in [2.45, 2.75) is 24.2 Å². The highest BCUT2D eigenvalue weighted by molar-refractivity contribution is 7.89. The number of nitrogen functional groups attached to an aromatic ring is 1. The molecule has 0 aliphatic heterocycles. The lowest BCUT2D eigenvalue weighted by molar-refractivity contribution is 0.124. The number of hydrogen-bond donors (Lipinski definition) is 3. The van der Waals surface area contributed by atoms with E-state index in [-0.39, 0.29) is 4.90 Å². The van der Waals surface area contributed by atoms with Crippen molar-refractivity contribution in [2.75, 3.05) is 37.9 Å². The Bertz CT molecular complexity index is 571. The number of hydrogen-bond acceptors (Lipinski definition) is 5. The van der Waals surface area contributed by atoms with Crippen LogP contribution >= 0.6 is 0 Å². The van der Waals surface area contributed by atoms with Crippen molar-refractivity contribution in [1.82, 2.24) is 4.72 Å². The molecule has 1 aromatic carbocycles. The van der Waals surface area contributed by atoms with E-state index < -0.39 is 10.0 Å². The third kappa shape index (κ3) is 4.87. The summed E-state index contributed by atoms with van der Waals surface area (Å²) >= 11 is 0. The van der Waals surface area contributed by atoms with Crippen LogP contribution in [0.5, 0.6) is 0 Å². The minimum atomic E-state index is -3.45. The first-order chi connectivity index (χ1) is 10.0. The van der Waals surface area contributed by atoms with Crippen LogP contribution in [-0.2, 0) is 14.8 Å². The molecule has 21 heavy (non-hydrogen) atoms. The molecular weight excluding hydrogens is 290 g/mol. The van der Waals surface area contributed by atoms with Crippen LogP contribution < -0.4 is 15.8 Å². The van der Waals surface area contributed by atoms with Gasteiger partial charge in [0.2, 0.25) is 10.0 Å². The molecule has 4 N–H and O–H groups in total. The molecule has 1 fully saturated rings. The Balaban J connectivity index is 1.77. The molecule has 1 aromatic rings. The molecule has 0 amide bonds. The summed E-state index contributed by atoms with van der Waals surface area (Å²) in [6.45, 7) is 2.35. The third-order valence-electron chi connectivity index (χ3n) is 3.43. The van der Waals surface area contributed by atoms with Crippen LogP contribution in [0.1, 0.15) is 19.3 Å². The maximum atomic E-state index is 11.7. The number of anilines is 2. The van der Waals surface area contributed by atoms with Gasteiger partial charge in [0.1, 0.15) is 0 Å². The fraction of sp³-hybridized carbons (Fsp3) is 0.571. The molecule has 0 radical (unpaired) electrons. The summed E-state index contributed by atoms with van der Waals surface area (Å²) in [5.74, 6) is 0.787. The zero-order valence-electron chi connectivity index (χ0n) is 12.3. The topological polar surface area (TPSA) is 93.5 Å². The molecule has 0 atom stereocenters. The van der Waals surface area contributed by atoms with E-state index in [1.807, 2.05) is 0 Å². The van der Waals surface area contributed by atoms with Crippen LogP contribution in [0.2, 0.25) is 0 Å². The van der Waals surface area contributed by atoms with Crippen molar-refractivity contribution < 1.29 is 13.2 Å². The van der Waals surface area contributed by atoms with Gasteiger partial charge in [0.25, 0.3) is 0 Å². The second-order valence-corrected chi connectivity index (χ2v) is 7.14. The normalized spacial score (nSPS) is 15.1. The van der Waals surface area contributed by atoms with Crippen LogP contribution in [-0.4, -0.2) is 35.2 Å². The van der Waals surface area contributed by atoms with Gasteiger partial charge in [0, 0.05) is 19.8 Å². The van der Waals surface area contributed by atoms with Crippen LogP contribution in [0.15, 0.2) is 23.1 Å². The quantitative estimate of drug-likeness (QED) is 0.473. The highest BCUT2D eigenvalue weighted by Crippen LogP contribution is 2.28. The second-order valence-electron chi connectivity index (χ2n) is 5.26. The molecule has 0 saturated heterocycles. The van der Waals surface area contributed by atoms with E-state index >= 15 is 0 Å². The molecule has 0 aromatic heterocycles. The third-order valence-corrected chi connectivity index (χ3v) is 4.85. The summed E-state index contributed by atoms with van der Waals surface area (Å²) in [5, 5.41) is 3.19. The minimum Gasteiger partial charge on any atom is -0.397 e. The second kappa shape index (κ2) is 7.11. The predicted molar refractivity (Wildman–Crippen MR) is 83.7 cm³/mol. The van der Waals surface area contributed by atoms with E-state index in [0.29, 0.717) is 5.69 Å². The Morgan fingerprint density at radius 2 is 2.14 bits per heavy atom.